The second-order valence-electron chi connectivity index (χ2n) is 6.07. The summed E-state index contributed by atoms with van der Waals surface area (Å²) in [5, 5.41) is 5.79. The van der Waals surface area contributed by atoms with Crippen LogP contribution in [0, 0.1) is 6.92 Å². The molecule has 0 spiro atoms. The third-order valence-corrected chi connectivity index (χ3v) is 5.95. The van der Waals surface area contributed by atoms with Gasteiger partial charge < -0.3 is 15.4 Å². The van der Waals surface area contributed by atoms with Crippen molar-refractivity contribution in [1.29, 1.82) is 0 Å². The SMILES string of the molecule is Cc1cc(Cl)ccc1NC(=O)CCS(=O)(=O)c1ccc2c(c1)NC(=O)CO2. The van der Waals surface area contributed by atoms with Crippen LogP contribution in [0.3, 0.4) is 0 Å². The van der Waals surface area contributed by atoms with Crippen molar-refractivity contribution in [3.8, 4) is 5.75 Å². The average molecular weight is 409 g/mol. The lowest BCUT2D eigenvalue weighted by Gasteiger charge is -2.18. The number of carbonyl (C=O) groups is 2. The zero-order chi connectivity index (χ0) is 19.6. The van der Waals surface area contributed by atoms with Crippen LogP contribution >= 0.6 is 11.6 Å². The number of aryl methyl sites for hydroxylation is 1. The smallest absolute Gasteiger partial charge is 0.262 e. The van der Waals surface area contributed by atoms with Crippen molar-refractivity contribution in [1.82, 2.24) is 0 Å². The van der Waals surface area contributed by atoms with Crippen LogP contribution in [0.15, 0.2) is 41.3 Å². The fourth-order valence-corrected chi connectivity index (χ4v) is 4.07. The Morgan fingerprint density at radius 1 is 1.26 bits per heavy atom. The molecule has 0 fully saturated rings. The van der Waals surface area contributed by atoms with Gasteiger partial charge in [-0.15, -0.1) is 0 Å². The van der Waals surface area contributed by atoms with Gasteiger partial charge >= 0.3 is 0 Å². The zero-order valence-electron chi connectivity index (χ0n) is 14.4. The van der Waals surface area contributed by atoms with Crippen LogP contribution in [0.4, 0.5) is 11.4 Å². The minimum Gasteiger partial charge on any atom is -0.482 e. The van der Waals surface area contributed by atoms with Crippen molar-refractivity contribution >= 4 is 44.6 Å². The summed E-state index contributed by atoms with van der Waals surface area (Å²) in [4.78, 5) is 23.5. The molecule has 1 heterocycles. The van der Waals surface area contributed by atoms with Crippen molar-refractivity contribution in [2.75, 3.05) is 23.0 Å². The molecule has 0 bridgehead atoms. The van der Waals surface area contributed by atoms with Crippen LogP contribution < -0.4 is 15.4 Å². The van der Waals surface area contributed by atoms with E-state index in [1.807, 2.05) is 0 Å². The number of benzene rings is 2. The molecule has 0 unspecified atom stereocenters. The molecule has 2 aromatic rings. The average Bonchev–Trinajstić information content (AvgIpc) is 2.62. The first kappa shape index (κ1) is 19.2. The Morgan fingerprint density at radius 2 is 2.04 bits per heavy atom. The Balaban J connectivity index is 1.67. The van der Waals surface area contributed by atoms with Gasteiger partial charge in [0.25, 0.3) is 5.91 Å². The molecule has 2 N–H and O–H groups in total. The Bertz CT molecular complexity index is 1020. The topological polar surface area (TPSA) is 102 Å². The van der Waals surface area contributed by atoms with E-state index >= 15 is 0 Å². The predicted octanol–water partition coefficient (Wildman–Crippen LogP) is 2.78. The number of fused-ring (bicyclic) bond motifs is 1. The second kappa shape index (κ2) is 7.58. The van der Waals surface area contributed by atoms with Gasteiger partial charge in [-0.2, -0.15) is 0 Å². The molecule has 9 heteroatoms. The van der Waals surface area contributed by atoms with Gasteiger partial charge in [-0.05, 0) is 48.9 Å². The third-order valence-electron chi connectivity index (χ3n) is 4.00. The Hall–Kier alpha value is -2.58. The maximum Gasteiger partial charge on any atom is 0.262 e. The van der Waals surface area contributed by atoms with Crippen LogP contribution in [-0.4, -0.2) is 32.6 Å². The van der Waals surface area contributed by atoms with Crippen molar-refractivity contribution in [3.63, 3.8) is 0 Å². The highest BCUT2D eigenvalue weighted by molar-refractivity contribution is 7.91. The Kier molecular flexibility index (Phi) is 5.38. The lowest BCUT2D eigenvalue weighted by atomic mass is 10.2. The highest BCUT2D eigenvalue weighted by Gasteiger charge is 2.22. The number of rotatable bonds is 5. The van der Waals surface area contributed by atoms with Gasteiger partial charge in [0.1, 0.15) is 5.75 Å². The van der Waals surface area contributed by atoms with Gasteiger partial charge in [0, 0.05) is 17.1 Å². The molecule has 0 atom stereocenters. The summed E-state index contributed by atoms with van der Waals surface area (Å²) in [6.07, 6.45) is -0.204. The Labute approximate surface area is 161 Å². The van der Waals surface area contributed by atoms with E-state index in [1.54, 1.807) is 25.1 Å². The van der Waals surface area contributed by atoms with Gasteiger partial charge in [-0.25, -0.2) is 8.42 Å². The largest absolute Gasteiger partial charge is 0.482 e. The number of anilines is 2. The summed E-state index contributed by atoms with van der Waals surface area (Å²) in [5.74, 6) is -0.725. The molecule has 1 aliphatic heterocycles. The van der Waals surface area contributed by atoms with Crippen LogP contribution in [0.1, 0.15) is 12.0 Å². The minimum atomic E-state index is -3.70. The number of sulfone groups is 1. The summed E-state index contributed by atoms with van der Waals surface area (Å²) < 4.78 is 30.2. The molecule has 2 aromatic carbocycles. The lowest BCUT2D eigenvalue weighted by molar-refractivity contribution is -0.118. The molecule has 0 radical (unpaired) electrons. The number of halogens is 1. The number of hydrogen-bond acceptors (Lipinski definition) is 5. The maximum absolute atomic E-state index is 12.5. The zero-order valence-corrected chi connectivity index (χ0v) is 16.0. The Morgan fingerprint density at radius 3 is 2.78 bits per heavy atom. The molecule has 0 saturated carbocycles. The van der Waals surface area contributed by atoms with Gasteiger partial charge in [0.15, 0.2) is 16.4 Å². The van der Waals surface area contributed by atoms with Crippen LogP contribution in [0.5, 0.6) is 5.75 Å². The van der Waals surface area contributed by atoms with Gasteiger partial charge in [0.05, 0.1) is 16.3 Å². The van der Waals surface area contributed by atoms with E-state index < -0.39 is 15.7 Å². The van der Waals surface area contributed by atoms with Crippen molar-refractivity contribution in [2.45, 2.75) is 18.2 Å². The first-order chi connectivity index (χ1) is 12.7. The quantitative estimate of drug-likeness (QED) is 0.792. The summed E-state index contributed by atoms with van der Waals surface area (Å²) in [7, 11) is -3.70. The number of ether oxygens (including phenoxy) is 1. The van der Waals surface area contributed by atoms with E-state index in [0.717, 1.165) is 5.56 Å². The highest BCUT2D eigenvalue weighted by Crippen LogP contribution is 2.30. The third kappa shape index (κ3) is 4.58. The van der Waals surface area contributed by atoms with Crippen LogP contribution in [0.2, 0.25) is 5.02 Å². The maximum atomic E-state index is 12.5. The number of hydrogen-bond donors (Lipinski definition) is 2. The highest BCUT2D eigenvalue weighted by atomic mass is 35.5. The normalized spacial score (nSPS) is 13.3. The molecular weight excluding hydrogens is 392 g/mol. The van der Waals surface area contributed by atoms with E-state index in [2.05, 4.69) is 10.6 Å². The van der Waals surface area contributed by atoms with Crippen molar-refractivity contribution < 1.29 is 22.7 Å². The van der Waals surface area contributed by atoms with Gasteiger partial charge in [-0.1, -0.05) is 11.6 Å². The first-order valence-electron chi connectivity index (χ1n) is 8.10. The molecule has 0 aliphatic carbocycles. The predicted molar refractivity (Wildman–Crippen MR) is 102 cm³/mol. The van der Waals surface area contributed by atoms with Crippen molar-refractivity contribution in [3.05, 3.63) is 47.0 Å². The second-order valence-corrected chi connectivity index (χ2v) is 8.62. The fourth-order valence-electron chi connectivity index (χ4n) is 2.58. The van der Waals surface area contributed by atoms with Gasteiger partial charge in [-0.3, -0.25) is 9.59 Å². The van der Waals surface area contributed by atoms with E-state index in [4.69, 9.17) is 16.3 Å². The molecule has 2 amide bonds. The number of carbonyl (C=O) groups excluding carboxylic acids is 2. The van der Waals surface area contributed by atoms with Crippen LogP contribution in [-0.2, 0) is 19.4 Å². The summed E-state index contributed by atoms with van der Waals surface area (Å²) in [6.45, 7) is 1.69. The van der Waals surface area contributed by atoms with Gasteiger partial charge in [0.2, 0.25) is 5.91 Å². The van der Waals surface area contributed by atoms with E-state index in [9.17, 15) is 18.0 Å². The molecule has 27 heavy (non-hydrogen) atoms. The molecule has 142 valence electrons. The van der Waals surface area contributed by atoms with E-state index in [0.29, 0.717) is 22.1 Å². The summed E-state index contributed by atoms with van der Waals surface area (Å²) >= 11 is 5.87. The first-order valence-corrected chi connectivity index (χ1v) is 10.1. The van der Waals surface area contributed by atoms with E-state index in [1.165, 1.54) is 18.2 Å². The van der Waals surface area contributed by atoms with E-state index in [-0.39, 0.29) is 29.6 Å². The molecule has 0 aromatic heterocycles. The standard InChI is InChI=1S/C18H17ClN2O5S/c1-11-8-12(19)2-4-14(11)20-17(22)6-7-27(24,25)13-3-5-16-15(9-13)21-18(23)10-26-16/h2-5,8-9H,6-7,10H2,1H3,(H,20,22)(H,21,23). The monoisotopic (exact) mass is 408 g/mol. The molecule has 7 nitrogen and oxygen atoms in total. The molecular formula is C18H17ClN2O5S. The molecule has 1 aliphatic rings. The van der Waals surface area contributed by atoms with Crippen LogP contribution in [0.25, 0.3) is 0 Å². The van der Waals surface area contributed by atoms with Crippen molar-refractivity contribution in [2.24, 2.45) is 0 Å². The summed E-state index contributed by atoms with van der Waals surface area (Å²) in [6, 6.07) is 9.23. The molecule has 0 saturated heterocycles. The lowest BCUT2D eigenvalue weighted by Crippen LogP contribution is -2.25. The number of amides is 2. The fraction of sp³-hybridized carbons (Fsp3) is 0.222. The number of nitrogens with one attached hydrogen (secondary N) is 2. The summed E-state index contributed by atoms with van der Waals surface area (Å²) in [5.41, 5.74) is 1.66. The minimum absolute atomic E-state index is 0.0162. The molecule has 3 rings (SSSR count).